The van der Waals surface area contributed by atoms with E-state index in [0.29, 0.717) is 57.9 Å². The Hall–Kier alpha value is -4.01. The van der Waals surface area contributed by atoms with E-state index in [1.807, 2.05) is 0 Å². The van der Waals surface area contributed by atoms with Gasteiger partial charge in [0.25, 0.3) is 0 Å². The van der Waals surface area contributed by atoms with E-state index in [2.05, 4.69) is 30.6 Å². The van der Waals surface area contributed by atoms with Crippen LogP contribution in [0, 0.1) is 0 Å². The Morgan fingerprint density at radius 1 is 0.767 bits per heavy atom. The van der Waals surface area contributed by atoms with Gasteiger partial charge in [0.2, 0.25) is 23.7 Å². The normalized spacial score (nSPS) is 11.0. The van der Waals surface area contributed by atoms with Crippen LogP contribution >= 0.6 is 0 Å². The number of carbonyl (C=O) groups excluding carboxylic acids is 3. The van der Waals surface area contributed by atoms with Crippen LogP contribution in [0.2, 0.25) is 0 Å². The minimum atomic E-state index is -0.165. The summed E-state index contributed by atoms with van der Waals surface area (Å²) in [5.74, 6) is 0.241. The van der Waals surface area contributed by atoms with Gasteiger partial charge in [-0.15, -0.1) is 0 Å². The summed E-state index contributed by atoms with van der Waals surface area (Å²) in [6.07, 6.45) is 0.696. The van der Waals surface area contributed by atoms with Gasteiger partial charge >= 0.3 is 0 Å². The number of H-pyrrole nitrogens is 2. The number of fused-ring (bicyclic) bond motifs is 2. The Labute approximate surface area is 171 Å². The first kappa shape index (κ1) is 19.3. The third kappa shape index (κ3) is 3.77. The topological polar surface area (TPSA) is 133 Å². The fraction of sp³-hybridized carbons (Fsp3) is 0.190. The van der Waals surface area contributed by atoms with Crippen molar-refractivity contribution in [3.8, 4) is 0 Å². The largest absolute Gasteiger partial charge is 0.324 e. The Morgan fingerprint density at radius 3 is 1.60 bits per heavy atom. The lowest BCUT2D eigenvalue weighted by molar-refractivity contribution is -0.116. The van der Waals surface area contributed by atoms with Crippen molar-refractivity contribution in [3.05, 3.63) is 47.5 Å². The number of hydrogen-bond donors (Lipinski definition) is 4. The second kappa shape index (κ2) is 7.78. The number of carbonyl (C=O) groups is 3. The summed E-state index contributed by atoms with van der Waals surface area (Å²) in [6, 6.07) is 10.3. The highest BCUT2D eigenvalue weighted by molar-refractivity contribution is 6.11. The van der Waals surface area contributed by atoms with Gasteiger partial charge in [-0.25, -0.2) is 9.97 Å². The van der Waals surface area contributed by atoms with Crippen molar-refractivity contribution in [3.63, 3.8) is 0 Å². The zero-order valence-electron chi connectivity index (χ0n) is 16.5. The van der Waals surface area contributed by atoms with Crippen molar-refractivity contribution in [1.82, 2.24) is 19.9 Å². The van der Waals surface area contributed by atoms with E-state index >= 15 is 0 Å². The molecule has 0 saturated carbocycles. The molecular formula is C21H20N6O3. The number of benzene rings is 2. The quantitative estimate of drug-likeness (QED) is 0.366. The fourth-order valence-corrected chi connectivity index (χ4v) is 3.03. The first-order valence-corrected chi connectivity index (χ1v) is 9.60. The highest BCUT2D eigenvalue weighted by Gasteiger charge is 2.14. The second-order valence-corrected chi connectivity index (χ2v) is 6.77. The molecule has 0 aliphatic rings. The van der Waals surface area contributed by atoms with Gasteiger partial charge in [0, 0.05) is 24.0 Å². The number of ketones is 1. The van der Waals surface area contributed by atoms with Crippen molar-refractivity contribution in [2.45, 2.75) is 26.7 Å². The summed E-state index contributed by atoms with van der Waals surface area (Å²) in [5.41, 5.74) is 3.58. The fourth-order valence-electron chi connectivity index (χ4n) is 3.03. The maximum absolute atomic E-state index is 13.0. The van der Waals surface area contributed by atoms with Gasteiger partial charge in [-0.3, -0.25) is 25.0 Å². The van der Waals surface area contributed by atoms with Crippen LogP contribution in [-0.4, -0.2) is 37.5 Å². The molecule has 152 valence electrons. The molecular weight excluding hydrogens is 384 g/mol. The molecule has 0 aliphatic carbocycles. The lowest BCUT2D eigenvalue weighted by Crippen LogP contribution is -2.10. The van der Waals surface area contributed by atoms with E-state index in [9.17, 15) is 14.4 Å². The number of nitrogens with one attached hydrogen (secondary N) is 4. The third-order valence-corrected chi connectivity index (χ3v) is 4.65. The SMILES string of the molecule is CCC(=O)Nc1nc2ccc(C(=O)c3ccc4nc(NC(=O)CC)[nH]c4c3)cc2[nH]1. The summed E-state index contributed by atoms with van der Waals surface area (Å²) in [7, 11) is 0. The Morgan fingerprint density at radius 2 is 1.20 bits per heavy atom. The van der Waals surface area contributed by atoms with E-state index in [1.165, 1.54) is 0 Å². The van der Waals surface area contributed by atoms with Crippen molar-refractivity contribution < 1.29 is 14.4 Å². The van der Waals surface area contributed by atoms with Crippen LogP contribution in [0.4, 0.5) is 11.9 Å². The molecule has 0 aliphatic heterocycles. The van der Waals surface area contributed by atoms with Gasteiger partial charge in [0.05, 0.1) is 22.1 Å². The van der Waals surface area contributed by atoms with Gasteiger partial charge in [-0.2, -0.15) is 0 Å². The van der Waals surface area contributed by atoms with Crippen molar-refractivity contribution in [2.75, 3.05) is 10.6 Å². The van der Waals surface area contributed by atoms with Gasteiger partial charge in [-0.1, -0.05) is 13.8 Å². The number of aromatic amines is 2. The molecule has 0 unspecified atom stereocenters. The minimum Gasteiger partial charge on any atom is -0.324 e. The predicted octanol–water partition coefficient (Wildman–Crippen LogP) is 3.37. The van der Waals surface area contributed by atoms with Gasteiger partial charge < -0.3 is 9.97 Å². The average molecular weight is 404 g/mol. The van der Waals surface area contributed by atoms with Gasteiger partial charge in [0.1, 0.15) is 0 Å². The summed E-state index contributed by atoms with van der Waals surface area (Å²) in [4.78, 5) is 50.7. The average Bonchev–Trinajstić information content (AvgIpc) is 3.34. The van der Waals surface area contributed by atoms with Gasteiger partial charge in [0.15, 0.2) is 5.78 Å². The summed E-state index contributed by atoms with van der Waals surface area (Å²) >= 11 is 0. The lowest BCUT2D eigenvalue weighted by Gasteiger charge is -2.01. The maximum atomic E-state index is 13.0. The predicted molar refractivity (Wildman–Crippen MR) is 113 cm³/mol. The molecule has 9 heteroatoms. The monoisotopic (exact) mass is 404 g/mol. The Kier molecular flexibility index (Phi) is 5.01. The molecule has 0 atom stereocenters. The van der Waals surface area contributed by atoms with E-state index in [1.54, 1.807) is 50.2 Å². The molecule has 30 heavy (non-hydrogen) atoms. The molecule has 2 aromatic carbocycles. The molecule has 0 spiro atoms. The third-order valence-electron chi connectivity index (χ3n) is 4.65. The number of aromatic nitrogens is 4. The van der Waals surface area contributed by atoms with Gasteiger partial charge in [-0.05, 0) is 36.4 Å². The Balaban J connectivity index is 1.61. The van der Waals surface area contributed by atoms with Crippen LogP contribution < -0.4 is 10.6 Å². The zero-order valence-corrected chi connectivity index (χ0v) is 16.5. The summed E-state index contributed by atoms with van der Waals surface area (Å²) in [5, 5.41) is 5.34. The number of amides is 2. The molecule has 2 heterocycles. The first-order chi connectivity index (χ1) is 14.5. The smallest absolute Gasteiger partial charge is 0.226 e. The van der Waals surface area contributed by atoms with Crippen molar-refractivity contribution in [2.24, 2.45) is 0 Å². The number of rotatable bonds is 6. The highest BCUT2D eigenvalue weighted by Crippen LogP contribution is 2.21. The summed E-state index contributed by atoms with van der Waals surface area (Å²) in [6.45, 7) is 3.51. The molecule has 4 N–H and O–H groups in total. The minimum absolute atomic E-state index is 0.146. The molecule has 0 radical (unpaired) electrons. The maximum Gasteiger partial charge on any atom is 0.226 e. The number of anilines is 2. The van der Waals surface area contributed by atoms with E-state index in [0.717, 1.165) is 0 Å². The van der Waals surface area contributed by atoms with Crippen molar-refractivity contribution in [1.29, 1.82) is 0 Å². The van der Waals surface area contributed by atoms with Crippen LogP contribution in [0.3, 0.4) is 0 Å². The second-order valence-electron chi connectivity index (χ2n) is 6.77. The molecule has 2 amide bonds. The van der Waals surface area contributed by atoms with E-state index < -0.39 is 0 Å². The molecule has 0 bridgehead atoms. The molecule has 2 aromatic heterocycles. The lowest BCUT2D eigenvalue weighted by atomic mass is 10.0. The molecule has 0 fully saturated rings. The standard InChI is InChI=1S/C21H20N6O3/c1-3-17(28)26-20-22-13-7-5-11(9-15(13)24-20)19(30)12-6-8-14-16(10-12)25-21(23-14)27-18(29)4-2/h5-10H,3-4H2,1-2H3,(H2,22,24,26,28)(H2,23,25,27,29). The van der Waals surface area contributed by atoms with Crippen LogP contribution in [0.5, 0.6) is 0 Å². The van der Waals surface area contributed by atoms with Crippen LogP contribution in [0.25, 0.3) is 22.1 Å². The van der Waals surface area contributed by atoms with E-state index in [-0.39, 0.29) is 17.6 Å². The van der Waals surface area contributed by atoms with Crippen LogP contribution in [0.1, 0.15) is 42.6 Å². The highest BCUT2D eigenvalue weighted by atomic mass is 16.2. The summed E-state index contributed by atoms with van der Waals surface area (Å²) < 4.78 is 0. The van der Waals surface area contributed by atoms with E-state index in [4.69, 9.17) is 0 Å². The number of imidazole rings is 2. The Bertz CT molecular complexity index is 1190. The number of nitrogens with zero attached hydrogens (tertiary/aromatic N) is 2. The molecule has 0 saturated heterocycles. The molecule has 9 nitrogen and oxygen atoms in total. The molecule has 4 rings (SSSR count). The first-order valence-electron chi connectivity index (χ1n) is 9.60. The molecule has 4 aromatic rings. The van der Waals surface area contributed by atoms with Crippen LogP contribution in [-0.2, 0) is 9.59 Å². The zero-order chi connectivity index (χ0) is 21.3. The van der Waals surface area contributed by atoms with Crippen molar-refractivity contribution >= 4 is 51.6 Å². The van der Waals surface area contributed by atoms with Crippen LogP contribution in [0.15, 0.2) is 36.4 Å². The number of hydrogen-bond acceptors (Lipinski definition) is 5.